The van der Waals surface area contributed by atoms with Gasteiger partial charge < -0.3 is 18.9 Å². The standard InChI is InChI=1S/C34H32BrIN2O6S/c1-6-42-33(40)29-20(4)37-34-38(30(29)23-12-13-26(44-19(2)3)27(17-23)41-5)32(39)28(45-34)16-22-14-24(35)31(25(36)15-22)43-18-21-10-8-7-9-11-21/h7-17,19,30H,6,18H2,1-5H3/b28-16-/t30-/m1/s1. The van der Waals surface area contributed by atoms with E-state index in [1.807, 2.05) is 68.5 Å². The number of halogens is 2. The Morgan fingerprint density at radius 2 is 1.89 bits per heavy atom. The molecule has 0 saturated carbocycles. The molecule has 0 amide bonds. The first-order chi connectivity index (χ1) is 21.6. The highest BCUT2D eigenvalue weighted by atomic mass is 127. The molecular formula is C34H32BrIN2O6S. The molecule has 8 nitrogen and oxygen atoms in total. The molecule has 0 fully saturated rings. The van der Waals surface area contributed by atoms with Crippen LogP contribution in [-0.4, -0.2) is 30.4 Å². The monoisotopic (exact) mass is 802 g/mol. The van der Waals surface area contributed by atoms with Crippen molar-refractivity contribution in [3.63, 3.8) is 0 Å². The minimum absolute atomic E-state index is 0.0627. The van der Waals surface area contributed by atoms with Crippen molar-refractivity contribution in [2.24, 2.45) is 4.99 Å². The number of benzene rings is 3. The quantitative estimate of drug-likeness (QED) is 0.134. The highest BCUT2D eigenvalue weighted by molar-refractivity contribution is 14.1. The Labute approximate surface area is 287 Å². The van der Waals surface area contributed by atoms with Gasteiger partial charge in [-0.3, -0.25) is 9.36 Å². The third kappa shape index (κ3) is 7.20. The average Bonchev–Trinajstić information content (AvgIpc) is 3.30. The van der Waals surface area contributed by atoms with Gasteiger partial charge in [0.05, 0.1) is 49.7 Å². The zero-order valence-corrected chi connectivity index (χ0v) is 30.0. The first kappa shape index (κ1) is 33.0. The van der Waals surface area contributed by atoms with Crippen molar-refractivity contribution in [2.45, 2.75) is 46.4 Å². The van der Waals surface area contributed by atoms with Crippen LogP contribution < -0.4 is 29.1 Å². The highest BCUT2D eigenvalue weighted by Crippen LogP contribution is 2.37. The van der Waals surface area contributed by atoms with Gasteiger partial charge in [-0.2, -0.15) is 0 Å². The molecule has 0 unspecified atom stereocenters. The summed E-state index contributed by atoms with van der Waals surface area (Å²) in [5, 5.41) is 0. The average molecular weight is 804 g/mol. The van der Waals surface area contributed by atoms with Gasteiger partial charge in [0.2, 0.25) is 0 Å². The van der Waals surface area contributed by atoms with Crippen LogP contribution in [0.4, 0.5) is 0 Å². The lowest BCUT2D eigenvalue weighted by molar-refractivity contribution is -0.139. The molecule has 1 atom stereocenters. The molecule has 2 heterocycles. The normalized spacial score (nSPS) is 14.7. The van der Waals surface area contributed by atoms with Gasteiger partial charge in [-0.05, 0) is 113 Å². The Morgan fingerprint density at radius 3 is 2.56 bits per heavy atom. The fourth-order valence-corrected chi connectivity index (χ4v) is 7.81. The van der Waals surface area contributed by atoms with Crippen molar-refractivity contribution < 1.29 is 23.7 Å². The number of thiazole rings is 1. The van der Waals surface area contributed by atoms with Crippen LogP contribution in [0.25, 0.3) is 6.08 Å². The summed E-state index contributed by atoms with van der Waals surface area (Å²) in [5.41, 5.74) is 3.08. The van der Waals surface area contributed by atoms with Crippen LogP contribution in [0.5, 0.6) is 17.2 Å². The van der Waals surface area contributed by atoms with E-state index < -0.39 is 12.0 Å². The van der Waals surface area contributed by atoms with E-state index in [0.29, 0.717) is 44.3 Å². The van der Waals surface area contributed by atoms with E-state index >= 15 is 0 Å². The van der Waals surface area contributed by atoms with Crippen molar-refractivity contribution >= 4 is 61.9 Å². The number of ether oxygens (including phenoxy) is 4. The van der Waals surface area contributed by atoms with E-state index in [2.05, 4.69) is 43.5 Å². The molecule has 0 radical (unpaired) electrons. The summed E-state index contributed by atoms with van der Waals surface area (Å²) >= 11 is 7.16. The molecule has 5 rings (SSSR count). The Kier molecular flexibility index (Phi) is 10.5. The summed E-state index contributed by atoms with van der Waals surface area (Å²) in [6, 6.07) is 18.5. The molecular weight excluding hydrogens is 771 g/mol. The summed E-state index contributed by atoms with van der Waals surface area (Å²) in [5.74, 6) is 1.27. The molecule has 3 aromatic carbocycles. The Morgan fingerprint density at radius 1 is 1.13 bits per heavy atom. The summed E-state index contributed by atoms with van der Waals surface area (Å²) < 4.78 is 26.8. The van der Waals surface area contributed by atoms with Crippen molar-refractivity contribution in [1.82, 2.24) is 4.57 Å². The molecule has 1 aliphatic heterocycles. The zero-order chi connectivity index (χ0) is 32.2. The Bertz CT molecular complexity index is 1930. The fourth-order valence-electron chi connectivity index (χ4n) is 4.99. The van der Waals surface area contributed by atoms with Crippen molar-refractivity contribution in [1.29, 1.82) is 0 Å². The summed E-state index contributed by atoms with van der Waals surface area (Å²) in [6.45, 7) is 8.00. The third-order valence-electron chi connectivity index (χ3n) is 6.93. The summed E-state index contributed by atoms with van der Waals surface area (Å²) in [6.07, 6.45) is 1.77. The summed E-state index contributed by atoms with van der Waals surface area (Å²) in [4.78, 5) is 32.6. The molecule has 1 aliphatic rings. The van der Waals surface area contributed by atoms with Gasteiger partial charge in [0.15, 0.2) is 16.3 Å². The SMILES string of the molecule is CCOC(=O)C1=C(C)N=c2s/c(=C\c3cc(Br)c(OCc4ccccc4)c(I)c3)c(=O)n2[C@@H]1c1ccc(OC(C)C)c(OC)c1. The van der Waals surface area contributed by atoms with Gasteiger partial charge in [-0.25, -0.2) is 9.79 Å². The second kappa shape index (κ2) is 14.3. The van der Waals surface area contributed by atoms with E-state index in [-0.39, 0.29) is 18.3 Å². The first-order valence-corrected chi connectivity index (χ1v) is 17.0. The van der Waals surface area contributed by atoms with Crippen molar-refractivity contribution in [3.8, 4) is 17.2 Å². The van der Waals surface area contributed by atoms with Crippen LogP contribution in [0.3, 0.4) is 0 Å². The number of hydrogen-bond donors (Lipinski definition) is 0. The largest absolute Gasteiger partial charge is 0.493 e. The number of allylic oxidation sites excluding steroid dienone is 1. The first-order valence-electron chi connectivity index (χ1n) is 14.3. The zero-order valence-electron chi connectivity index (χ0n) is 25.4. The molecule has 4 aromatic rings. The second-order valence-corrected chi connectivity index (χ2v) is 13.5. The smallest absolute Gasteiger partial charge is 0.338 e. The van der Waals surface area contributed by atoms with E-state index in [9.17, 15) is 9.59 Å². The van der Waals surface area contributed by atoms with Crippen molar-refractivity contribution in [2.75, 3.05) is 13.7 Å². The maximum atomic E-state index is 14.1. The predicted octanol–water partition coefficient (Wildman–Crippen LogP) is 6.54. The topological polar surface area (TPSA) is 88.4 Å². The fraction of sp³-hybridized carbons (Fsp3) is 0.265. The minimum atomic E-state index is -0.773. The molecule has 1 aromatic heterocycles. The molecule has 11 heteroatoms. The number of carbonyl (C=O) groups excluding carboxylic acids is 1. The van der Waals surface area contributed by atoms with Crippen LogP contribution in [0, 0.1) is 3.57 Å². The van der Waals surface area contributed by atoms with Crippen LogP contribution in [-0.2, 0) is 16.1 Å². The van der Waals surface area contributed by atoms with Gasteiger partial charge in [-0.15, -0.1) is 0 Å². The Balaban J connectivity index is 1.59. The highest BCUT2D eigenvalue weighted by Gasteiger charge is 2.34. The minimum Gasteiger partial charge on any atom is -0.493 e. The van der Waals surface area contributed by atoms with E-state index in [0.717, 1.165) is 24.9 Å². The maximum Gasteiger partial charge on any atom is 0.338 e. The van der Waals surface area contributed by atoms with Crippen LogP contribution in [0.1, 0.15) is 50.4 Å². The molecule has 0 spiro atoms. The number of esters is 1. The lowest BCUT2D eigenvalue weighted by Crippen LogP contribution is -2.40. The van der Waals surface area contributed by atoms with E-state index in [1.165, 1.54) is 11.3 Å². The van der Waals surface area contributed by atoms with Crippen LogP contribution in [0.2, 0.25) is 0 Å². The lowest BCUT2D eigenvalue weighted by atomic mass is 9.95. The lowest BCUT2D eigenvalue weighted by Gasteiger charge is -2.25. The van der Waals surface area contributed by atoms with E-state index in [1.54, 1.807) is 37.7 Å². The van der Waals surface area contributed by atoms with Gasteiger partial charge in [-0.1, -0.05) is 47.7 Å². The third-order valence-corrected chi connectivity index (χ3v) is 9.30. The number of hydrogen-bond acceptors (Lipinski definition) is 8. The van der Waals surface area contributed by atoms with E-state index in [4.69, 9.17) is 18.9 Å². The van der Waals surface area contributed by atoms with Crippen LogP contribution in [0.15, 0.2) is 86.2 Å². The molecule has 0 saturated heterocycles. The van der Waals surface area contributed by atoms with Gasteiger partial charge in [0.25, 0.3) is 5.56 Å². The predicted molar refractivity (Wildman–Crippen MR) is 187 cm³/mol. The number of carbonyl (C=O) groups is 1. The molecule has 45 heavy (non-hydrogen) atoms. The van der Waals surface area contributed by atoms with Gasteiger partial charge >= 0.3 is 5.97 Å². The number of rotatable bonds is 10. The molecule has 0 aliphatic carbocycles. The Hall–Kier alpha value is -3.42. The number of methoxy groups -OCH3 is 1. The number of fused-ring (bicyclic) bond motifs is 1. The maximum absolute atomic E-state index is 14.1. The number of aromatic nitrogens is 1. The molecule has 234 valence electrons. The van der Waals surface area contributed by atoms with Crippen molar-refractivity contribution in [3.05, 3.63) is 116 Å². The number of nitrogens with zero attached hydrogens (tertiary/aromatic N) is 2. The molecule has 0 N–H and O–H groups in total. The van der Waals surface area contributed by atoms with Gasteiger partial charge in [0, 0.05) is 0 Å². The molecule has 0 bridgehead atoms. The van der Waals surface area contributed by atoms with Gasteiger partial charge in [0.1, 0.15) is 12.4 Å². The summed E-state index contributed by atoms with van der Waals surface area (Å²) in [7, 11) is 1.56. The van der Waals surface area contributed by atoms with Crippen LogP contribution >= 0.6 is 49.9 Å². The second-order valence-electron chi connectivity index (χ2n) is 10.5.